The van der Waals surface area contributed by atoms with Crippen molar-refractivity contribution < 1.29 is 22.4 Å². The number of nitrogens with one attached hydrogen (secondary N) is 3. The molecular weight excluding hydrogens is 567 g/mol. The third-order valence-electron chi connectivity index (χ3n) is 6.95. The lowest BCUT2D eigenvalue weighted by molar-refractivity contribution is -0.137. The maximum absolute atomic E-state index is 13.0. The van der Waals surface area contributed by atoms with Crippen molar-refractivity contribution in [1.82, 2.24) is 9.97 Å². The second-order valence-electron chi connectivity index (χ2n) is 9.97. The topological polar surface area (TPSA) is 92.1 Å². The van der Waals surface area contributed by atoms with Gasteiger partial charge >= 0.3 is 12.2 Å². The van der Waals surface area contributed by atoms with E-state index in [1.807, 2.05) is 72.8 Å². The van der Waals surface area contributed by atoms with E-state index in [-0.39, 0.29) is 5.69 Å². The highest BCUT2D eigenvalue weighted by atomic mass is 19.4. The second kappa shape index (κ2) is 12.3. The highest BCUT2D eigenvalue weighted by molar-refractivity contribution is 6.05. The summed E-state index contributed by atoms with van der Waals surface area (Å²) in [7, 11) is 0. The fourth-order valence-corrected chi connectivity index (χ4v) is 4.89. The van der Waals surface area contributed by atoms with Gasteiger partial charge in [-0.25, -0.2) is 14.8 Å². The molecular formula is C34H26F3N5O2. The number of carbonyl (C=O) groups is 1. The first kappa shape index (κ1) is 28.5. The number of alkyl halides is 3. The van der Waals surface area contributed by atoms with E-state index < -0.39 is 17.8 Å². The number of anilines is 3. The summed E-state index contributed by atoms with van der Waals surface area (Å²) in [5.41, 5.74) is 4.04. The van der Waals surface area contributed by atoms with Crippen LogP contribution >= 0.6 is 0 Å². The van der Waals surface area contributed by atoms with Crippen LogP contribution in [0, 0.1) is 0 Å². The number of fused-ring (bicyclic) bond motifs is 1. The Morgan fingerprint density at radius 1 is 0.750 bits per heavy atom. The molecule has 2 heterocycles. The summed E-state index contributed by atoms with van der Waals surface area (Å²) in [4.78, 5) is 21.3. The van der Waals surface area contributed by atoms with Crippen LogP contribution in [0.1, 0.15) is 11.1 Å². The van der Waals surface area contributed by atoms with Crippen LogP contribution in [-0.4, -0.2) is 22.5 Å². The van der Waals surface area contributed by atoms with Crippen LogP contribution in [0.4, 0.5) is 35.2 Å². The molecule has 3 N–H and O–H groups in total. The van der Waals surface area contributed by atoms with E-state index in [4.69, 9.17) is 4.42 Å². The molecule has 10 heteroatoms. The quantitative estimate of drug-likeness (QED) is 0.164. The number of carbonyl (C=O) groups excluding carboxylic acids is 1. The Morgan fingerprint density at radius 2 is 1.43 bits per heavy atom. The average Bonchev–Trinajstić information content (AvgIpc) is 3.43. The molecule has 6 aromatic rings. The van der Waals surface area contributed by atoms with E-state index in [0.717, 1.165) is 45.5 Å². The molecule has 7 nitrogen and oxygen atoms in total. The van der Waals surface area contributed by atoms with Gasteiger partial charge in [-0.05, 0) is 47.9 Å². The SMILES string of the molecule is O=C(Nc1ccc(CCNc2ncnc3oc(-c4ccccc4)c(-c4ccccc4)c23)cc1)Nc1cccc(C(F)(F)F)c1. The van der Waals surface area contributed by atoms with E-state index >= 15 is 0 Å². The number of hydrogen-bond acceptors (Lipinski definition) is 5. The average molecular weight is 594 g/mol. The number of furan rings is 1. The molecule has 0 atom stereocenters. The minimum absolute atomic E-state index is 0.0442. The first-order valence-electron chi connectivity index (χ1n) is 13.8. The van der Waals surface area contributed by atoms with Gasteiger partial charge in [-0.15, -0.1) is 0 Å². The van der Waals surface area contributed by atoms with Crippen molar-refractivity contribution in [3.05, 3.63) is 127 Å². The number of amides is 2. The Balaban J connectivity index is 1.14. The van der Waals surface area contributed by atoms with Crippen molar-refractivity contribution in [2.75, 3.05) is 22.5 Å². The van der Waals surface area contributed by atoms with Crippen LogP contribution in [0.2, 0.25) is 0 Å². The predicted molar refractivity (Wildman–Crippen MR) is 165 cm³/mol. The minimum Gasteiger partial charge on any atom is -0.437 e. The normalized spacial score (nSPS) is 11.3. The van der Waals surface area contributed by atoms with Gasteiger partial charge in [0, 0.05) is 29.0 Å². The Hall–Kier alpha value is -5.64. The highest BCUT2D eigenvalue weighted by Gasteiger charge is 2.30. The molecule has 0 aliphatic carbocycles. The number of halogens is 3. The number of hydrogen-bond donors (Lipinski definition) is 3. The van der Waals surface area contributed by atoms with Crippen molar-refractivity contribution in [3.63, 3.8) is 0 Å². The lowest BCUT2D eigenvalue weighted by Gasteiger charge is -2.11. The van der Waals surface area contributed by atoms with E-state index in [1.54, 1.807) is 12.1 Å². The zero-order valence-corrected chi connectivity index (χ0v) is 23.2. The van der Waals surface area contributed by atoms with Gasteiger partial charge in [0.2, 0.25) is 5.71 Å². The highest BCUT2D eigenvalue weighted by Crippen LogP contribution is 2.42. The Bertz CT molecular complexity index is 1890. The maximum Gasteiger partial charge on any atom is 0.416 e. The number of benzene rings is 4. The maximum atomic E-state index is 13.0. The van der Waals surface area contributed by atoms with Gasteiger partial charge in [-0.2, -0.15) is 13.2 Å². The molecule has 0 aliphatic heterocycles. The predicted octanol–water partition coefficient (Wildman–Crippen LogP) is 8.87. The van der Waals surface area contributed by atoms with Gasteiger partial charge in [0.25, 0.3) is 0 Å². The first-order valence-corrected chi connectivity index (χ1v) is 13.8. The van der Waals surface area contributed by atoms with Gasteiger partial charge in [-0.1, -0.05) is 78.9 Å². The Kier molecular flexibility index (Phi) is 7.96. The molecule has 0 fully saturated rings. The van der Waals surface area contributed by atoms with Crippen LogP contribution in [-0.2, 0) is 12.6 Å². The second-order valence-corrected chi connectivity index (χ2v) is 9.97. The standard InChI is InChI=1S/C34H26F3N5O2/c35-34(36,37)25-12-7-13-27(20-25)42-33(43)41-26-16-14-22(15-17-26)18-19-38-31-29-28(23-8-3-1-4-9-23)30(24-10-5-2-6-11-24)44-32(29)40-21-39-31/h1-17,20-21H,18-19H2,(H,38,39,40)(H2,41,42,43). The monoisotopic (exact) mass is 593 g/mol. The van der Waals surface area contributed by atoms with Gasteiger partial charge in [0.05, 0.1) is 10.9 Å². The Morgan fingerprint density at radius 3 is 2.14 bits per heavy atom. The van der Waals surface area contributed by atoms with Crippen molar-refractivity contribution in [2.45, 2.75) is 12.6 Å². The summed E-state index contributed by atoms with van der Waals surface area (Å²) in [5.74, 6) is 1.37. The Labute approximate surface area is 250 Å². The molecule has 0 spiro atoms. The molecule has 0 bridgehead atoms. The third-order valence-corrected chi connectivity index (χ3v) is 6.95. The summed E-state index contributed by atoms with van der Waals surface area (Å²) in [6.45, 7) is 0.564. The molecule has 0 saturated carbocycles. The van der Waals surface area contributed by atoms with Crippen LogP contribution < -0.4 is 16.0 Å². The molecule has 6 rings (SSSR count). The van der Waals surface area contributed by atoms with E-state index in [9.17, 15) is 18.0 Å². The lowest BCUT2D eigenvalue weighted by Crippen LogP contribution is -2.19. The van der Waals surface area contributed by atoms with Crippen molar-refractivity contribution in [3.8, 4) is 22.5 Å². The van der Waals surface area contributed by atoms with Gasteiger partial charge in [0.1, 0.15) is 17.9 Å². The van der Waals surface area contributed by atoms with E-state index in [0.29, 0.717) is 30.2 Å². The van der Waals surface area contributed by atoms with Gasteiger partial charge in [0.15, 0.2) is 0 Å². The number of nitrogens with zero attached hydrogens (tertiary/aromatic N) is 2. The summed E-state index contributed by atoms with van der Waals surface area (Å²) in [5, 5.41) is 9.30. The number of rotatable bonds is 8. The lowest BCUT2D eigenvalue weighted by atomic mass is 9.99. The summed E-state index contributed by atoms with van der Waals surface area (Å²) in [6, 6.07) is 30.9. The zero-order valence-electron chi connectivity index (χ0n) is 23.2. The van der Waals surface area contributed by atoms with E-state index in [1.165, 1.54) is 18.5 Å². The van der Waals surface area contributed by atoms with E-state index in [2.05, 4.69) is 25.9 Å². The van der Waals surface area contributed by atoms with Gasteiger partial charge in [-0.3, -0.25) is 0 Å². The minimum atomic E-state index is -4.49. The summed E-state index contributed by atoms with van der Waals surface area (Å²) in [6.07, 6.45) is -2.36. The molecule has 2 aromatic heterocycles. The first-order chi connectivity index (χ1) is 21.3. The van der Waals surface area contributed by atoms with Crippen LogP contribution in [0.3, 0.4) is 0 Å². The third kappa shape index (κ3) is 6.39. The fourth-order valence-electron chi connectivity index (χ4n) is 4.89. The molecule has 0 radical (unpaired) electrons. The van der Waals surface area contributed by atoms with Crippen molar-refractivity contribution in [1.29, 1.82) is 0 Å². The number of aromatic nitrogens is 2. The smallest absolute Gasteiger partial charge is 0.416 e. The molecule has 2 amide bonds. The summed E-state index contributed by atoms with van der Waals surface area (Å²) >= 11 is 0. The van der Waals surface area contributed by atoms with Crippen molar-refractivity contribution >= 4 is 34.3 Å². The van der Waals surface area contributed by atoms with Gasteiger partial charge < -0.3 is 20.4 Å². The summed E-state index contributed by atoms with van der Waals surface area (Å²) < 4.78 is 45.1. The molecule has 0 aliphatic rings. The molecule has 0 unspecified atom stereocenters. The van der Waals surface area contributed by atoms with Crippen LogP contribution in [0.5, 0.6) is 0 Å². The zero-order chi connectivity index (χ0) is 30.5. The number of urea groups is 1. The molecule has 0 saturated heterocycles. The fraction of sp³-hybridized carbons (Fsp3) is 0.0882. The van der Waals surface area contributed by atoms with Crippen molar-refractivity contribution in [2.24, 2.45) is 0 Å². The van der Waals surface area contributed by atoms with Crippen LogP contribution in [0.15, 0.2) is 120 Å². The van der Waals surface area contributed by atoms with Crippen LogP contribution in [0.25, 0.3) is 33.6 Å². The largest absolute Gasteiger partial charge is 0.437 e. The molecule has 4 aromatic carbocycles. The molecule has 220 valence electrons. The molecule has 44 heavy (non-hydrogen) atoms.